The van der Waals surface area contributed by atoms with Crippen molar-refractivity contribution in [3.63, 3.8) is 0 Å². The molecule has 0 radical (unpaired) electrons. The molecule has 1 amide bonds. The predicted molar refractivity (Wildman–Crippen MR) is 75.5 cm³/mol. The van der Waals surface area contributed by atoms with E-state index >= 15 is 0 Å². The van der Waals surface area contributed by atoms with Crippen LogP contribution in [-0.4, -0.2) is 16.9 Å². The summed E-state index contributed by atoms with van der Waals surface area (Å²) in [6.45, 7) is 4.47. The summed E-state index contributed by atoms with van der Waals surface area (Å²) in [6.07, 6.45) is 4.97. The first-order chi connectivity index (χ1) is 9.10. The molecule has 0 aromatic carbocycles. The molecule has 0 spiro atoms. The van der Waals surface area contributed by atoms with E-state index in [9.17, 15) is 4.79 Å². The van der Waals surface area contributed by atoms with Crippen molar-refractivity contribution in [1.82, 2.24) is 10.3 Å². The average molecular weight is 262 g/mol. The number of aromatic nitrogens is 1. The number of nitrogens with zero attached hydrogens (tertiary/aromatic N) is 1. The van der Waals surface area contributed by atoms with Crippen molar-refractivity contribution < 1.29 is 4.79 Å². The van der Waals surface area contributed by atoms with Crippen LogP contribution >= 0.6 is 0 Å². The van der Waals surface area contributed by atoms with Crippen molar-refractivity contribution in [2.45, 2.75) is 39.2 Å². The lowest BCUT2D eigenvalue weighted by Crippen LogP contribution is -2.42. The summed E-state index contributed by atoms with van der Waals surface area (Å²) in [5.41, 5.74) is 3.61. The van der Waals surface area contributed by atoms with E-state index in [-0.39, 0.29) is 11.9 Å². The first-order valence-corrected chi connectivity index (χ1v) is 6.83. The first kappa shape index (κ1) is 13.8. The van der Waals surface area contributed by atoms with Crippen LogP contribution in [0.4, 0.5) is 5.69 Å². The molecule has 4 N–H and O–H groups in total. The molecular weight excluding hydrogens is 240 g/mol. The molecule has 3 atom stereocenters. The number of amides is 1. The Hall–Kier alpha value is -1.62. The van der Waals surface area contributed by atoms with Crippen LogP contribution in [0.5, 0.6) is 0 Å². The molecule has 1 aromatic heterocycles. The highest BCUT2D eigenvalue weighted by Gasteiger charge is 2.27. The molecule has 1 aliphatic rings. The lowest BCUT2D eigenvalue weighted by Gasteiger charge is -2.33. The van der Waals surface area contributed by atoms with Crippen LogP contribution in [0.3, 0.4) is 0 Å². The lowest BCUT2D eigenvalue weighted by molar-refractivity contribution is 0.0894. The lowest BCUT2D eigenvalue weighted by atomic mass is 9.80. The zero-order chi connectivity index (χ0) is 13.8. The van der Waals surface area contributed by atoms with E-state index in [0.717, 1.165) is 12.3 Å². The molecule has 1 fully saturated rings. The number of nitrogens with two attached hydrogens (primary N) is 1. The quantitative estimate of drug-likeness (QED) is 0.574. The number of hydrogen-bond acceptors (Lipinski definition) is 4. The fourth-order valence-electron chi connectivity index (χ4n) is 2.77. The number of carbonyl (C=O) groups is 1. The molecule has 0 aliphatic heterocycles. The van der Waals surface area contributed by atoms with Crippen molar-refractivity contribution in [3.8, 4) is 0 Å². The largest absolute Gasteiger partial charge is 0.348 e. The summed E-state index contributed by atoms with van der Waals surface area (Å²) in [5, 5.41) is 3.09. The van der Waals surface area contributed by atoms with Gasteiger partial charge in [0.15, 0.2) is 0 Å². The normalized spacial score (nSPS) is 26.8. The molecule has 5 nitrogen and oxygen atoms in total. The summed E-state index contributed by atoms with van der Waals surface area (Å²) in [6, 6.07) is 3.63. The summed E-state index contributed by atoms with van der Waals surface area (Å²) < 4.78 is 0. The standard InChI is InChI=1S/C14H22N4O/c1-9-3-4-12(10(2)7-9)17-14(19)13-8-11(18-15)5-6-16-13/h5-6,8-10,12H,3-4,7,15H2,1-2H3,(H,16,18)(H,17,19). The maximum atomic E-state index is 12.2. The van der Waals surface area contributed by atoms with Gasteiger partial charge in [0.1, 0.15) is 5.69 Å². The maximum Gasteiger partial charge on any atom is 0.270 e. The molecule has 1 aliphatic carbocycles. The van der Waals surface area contributed by atoms with Gasteiger partial charge in [-0.2, -0.15) is 0 Å². The van der Waals surface area contributed by atoms with Gasteiger partial charge in [-0.1, -0.05) is 13.8 Å². The van der Waals surface area contributed by atoms with E-state index in [4.69, 9.17) is 5.84 Å². The van der Waals surface area contributed by atoms with Gasteiger partial charge in [0, 0.05) is 12.2 Å². The monoisotopic (exact) mass is 262 g/mol. The third-order valence-corrected chi connectivity index (χ3v) is 3.91. The summed E-state index contributed by atoms with van der Waals surface area (Å²) in [4.78, 5) is 16.3. The zero-order valence-corrected chi connectivity index (χ0v) is 11.5. The fourth-order valence-corrected chi connectivity index (χ4v) is 2.77. The van der Waals surface area contributed by atoms with Gasteiger partial charge in [-0.15, -0.1) is 0 Å². The molecule has 1 aromatic rings. The Bertz CT molecular complexity index is 449. The van der Waals surface area contributed by atoms with E-state index in [1.54, 1.807) is 18.3 Å². The Kier molecular flexibility index (Phi) is 4.37. The maximum absolute atomic E-state index is 12.2. The minimum Gasteiger partial charge on any atom is -0.348 e. The van der Waals surface area contributed by atoms with Gasteiger partial charge in [0.2, 0.25) is 0 Å². The molecule has 1 heterocycles. The smallest absolute Gasteiger partial charge is 0.270 e. The molecule has 0 saturated heterocycles. The number of nitrogen functional groups attached to an aromatic ring is 1. The van der Waals surface area contributed by atoms with Crippen LogP contribution in [-0.2, 0) is 0 Å². The predicted octanol–water partition coefficient (Wildman–Crippen LogP) is 1.92. The summed E-state index contributed by atoms with van der Waals surface area (Å²) in [7, 11) is 0. The molecule has 1 saturated carbocycles. The van der Waals surface area contributed by atoms with Crippen LogP contribution in [0.15, 0.2) is 18.3 Å². The Morgan fingerprint density at radius 3 is 2.89 bits per heavy atom. The average Bonchev–Trinajstić information content (AvgIpc) is 2.42. The Morgan fingerprint density at radius 2 is 2.21 bits per heavy atom. The first-order valence-electron chi connectivity index (χ1n) is 6.83. The highest BCUT2D eigenvalue weighted by atomic mass is 16.1. The number of rotatable bonds is 3. The van der Waals surface area contributed by atoms with E-state index < -0.39 is 0 Å². The van der Waals surface area contributed by atoms with Gasteiger partial charge >= 0.3 is 0 Å². The van der Waals surface area contributed by atoms with Gasteiger partial charge < -0.3 is 10.7 Å². The second-order valence-electron chi connectivity index (χ2n) is 5.55. The molecule has 0 bridgehead atoms. The number of pyridine rings is 1. The minimum atomic E-state index is -0.122. The highest BCUT2D eigenvalue weighted by molar-refractivity contribution is 5.93. The third kappa shape index (κ3) is 3.44. The van der Waals surface area contributed by atoms with Gasteiger partial charge in [0.25, 0.3) is 5.91 Å². The number of hydrogen-bond donors (Lipinski definition) is 3. The third-order valence-electron chi connectivity index (χ3n) is 3.91. The molecule has 19 heavy (non-hydrogen) atoms. The molecule has 5 heteroatoms. The molecule has 3 unspecified atom stereocenters. The Labute approximate surface area is 114 Å². The van der Waals surface area contributed by atoms with Crippen molar-refractivity contribution in [2.75, 3.05) is 5.43 Å². The molecule has 2 rings (SSSR count). The molecule has 104 valence electrons. The van der Waals surface area contributed by atoms with E-state index in [2.05, 4.69) is 29.6 Å². The van der Waals surface area contributed by atoms with Crippen molar-refractivity contribution >= 4 is 11.6 Å². The van der Waals surface area contributed by atoms with Gasteiger partial charge in [-0.3, -0.25) is 15.6 Å². The van der Waals surface area contributed by atoms with Gasteiger partial charge in [-0.05, 0) is 43.2 Å². The van der Waals surface area contributed by atoms with Crippen LogP contribution in [0.1, 0.15) is 43.6 Å². The second-order valence-corrected chi connectivity index (χ2v) is 5.55. The number of nitrogens with one attached hydrogen (secondary N) is 2. The summed E-state index contributed by atoms with van der Waals surface area (Å²) in [5.74, 6) is 6.48. The SMILES string of the molecule is CC1CCC(NC(=O)c2cc(NN)ccn2)C(C)C1. The van der Waals surface area contributed by atoms with Crippen molar-refractivity contribution in [2.24, 2.45) is 17.7 Å². The van der Waals surface area contributed by atoms with Crippen molar-refractivity contribution in [1.29, 1.82) is 0 Å². The minimum absolute atomic E-state index is 0.122. The summed E-state index contributed by atoms with van der Waals surface area (Å²) >= 11 is 0. The van der Waals surface area contributed by atoms with Gasteiger partial charge in [0.05, 0.1) is 5.69 Å². The van der Waals surface area contributed by atoms with Gasteiger partial charge in [-0.25, -0.2) is 0 Å². The van der Waals surface area contributed by atoms with Crippen LogP contribution < -0.4 is 16.6 Å². The van der Waals surface area contributed by atoms with E-state index in [1.807, 2.05) is 0 Å². The topological polar surface area (TPSA) is 80.0 Å². The number of hydrazine groups is 1. The van der Waals surface area contributed by atoms with Crippen LogP contribution in [0, 0.1) is 11.8 Å². The van der Waals surface area contributed by atoms with E-state index in [1.165, 1.54) is 12.8 Å². The fraction of sp³-hybridized carbons (Fsp3) is 0.571. The second kappa shape index (κ2) is 6.02. The Balaban J connectivity index is 2.00. The zero-order valence-electron chi connectivity index (χ0n) is 11.5. The van der Waals surface area contributed by atoms with Crippen LogP contribution in [0.2, 0.25) is 0 Å². The number of carbonyl (C=O) groups excluding carboxylic acids is 1. The number of anilines is 1. The Morgan fingerprint density at radius 1 is 1.42 bits per heavy atom. The molecular formula is C14H22N4O. The van der Waals surface area contributed by atoms with Crippen molar-refractivity contribution in [3.05, 3.63) is 24.0 Å². The van der Waals surface area contributed by atoms with Crippen LogP contribution in [0.25, 0.3) is 0 Å². The van der Waals surface area contributed by atoms with E-state index in [0.29, 0.717) is 17.3 Å². The highest BCUT2D eigenvalue weighted by Crippen LogP contribution is 2.28.